The minimum Gasteiger partial charge on any atom is -0.497 e. The number of nitrogens with zero attached hydrogens (tertiary/aromatic N) is 1. The molecule has 0 spiro atoms. The molecule has 0 fully saturated rings. The van der Waals surface area contributed by atoms with Gasteiger partial charge in [0.2, 0.25) is 10.0 Å². The molecule has 1 N–H and O–H groups in total. The van der Waals surface area contributed by atoms with Crippen molar-refractivity contribution < 1.29 is 13.2 Å². The first-order valence-electron chi connectivity index (χ1n) is 6.07. The van der Waals surface area contributed by atoms with Crippen LogP contribution >= 0.6 is 0 Å². The fourth-order valence-electron chi connectivity index (χ4n) is 1.93. The molecule has 0 saturated heterocycles. The van der Waals surface area contributed by atoms with Gasteiger partial charge in [-0.25, -0.2) is 13.1 Å². The van der Waals surface area contributed by atoms with E-state index in [9.17, 15) is 8.42 Å². The van der Waals surface area contributed by atoms with Crippen LogP contribution in [0.15, 0.2) is 17.0 Å². The van der Waals surface area contributed by atoms with Gasteiger partial charge in [0.25, 0.3) is 0 Å². The van der Waals surface area contributed by atoms with Crippen LogP contribution < -0.4 is 9.46 Å². The Kier molecular flexibility index (Phi) is 5.34. The first-order chi connectivity index (χ1) is 8.77. The smallest absolute Gasteiger partial charge is 0.241 e. The summed E-state index contributed by atoms with van der Waals surface area (Å²) >= 11 is 0. The zero-order valence-electron chi connectivity index (χ0n) is 12.1. The van der Waals surface area contributed by atoms with E-state index < -0.39 is 10.0 Å². The number of ether oxygens (including phenoxy) is 1. The third-order valence-corrected chi connectivity index (χ3v) is 4.55. The molecule has 0 aromatic heterocycles. The monoisotopic (exact) mass is 286 g/mol. The Labute approximate surface area is 115 Å². The Morgan fingerprint density at radius 3 is 2.16 bits per heavy atom. The summed E-state index contributed by atoms with van der Waals surface area (Å²) in [7, 11) is 1.89. The number of aryl methyl sites for hydroxylation is 2. The molecule has 1 aromatic carbocycles. The third kappa shape index (κ3) is 4.19. The van der Waals surface area contributed by atoms with Crippen LogP contribution in [0.4, 0.5) is 0 Å². The largest absolute Gasteiger partial charge is 0.497 e. The van der Waals surface area contributed by atoms with Crippen LogP contribution in [0.5, 0.6) is 5.75 Å². The second-order valence-corrected chi connectivity index (χ2v) is 6.50. The highest BCUT2D eigenvalue weighted by atomic mass is 32.2. The predicted molar refractivity (Wildman–Crippen MR) is 76.2 cm³/mol. The zero-order chi connectivity index (χ0) is 14.6. The maximum absolute atomic E-state index is 12.3. The number of methoxy groups -OCH3 is 1. The molecule has 1 rings (SSSR count). The van der Waals surface area contributed by atoms with E-state index in [0.717, 1.165) is 0 Å². The molecular formula is C13H22N2O3S. The van der Waals surface area contributed by atoms with E-state index in [1.54, 1.807) is 33.1 Å². The minimum atomic E-state index is -3.47. The molecule has 1 aromatic rings. The Bertz CT molecular complexity index is 516. The van der Waals surface area contributed by atoms with Crippen molar-refractivity contribution in [1.82, 2.24) is 9.62 Å². The Morgan fingerprint density at radius 1 is 1.21 bits per heavy atom. The predicted octanol–water partition coefficient (Wildman–Crippen LogP) is 1.15. The maximum atomic E-state index is 12.3. The van der Waals surface area contributed by atoms with E-state index in [2.05, 4.69) is 4.72 Å². The molecule has 6 heteroatoms. The Morgan fingerprint density at radius 2 is 1.74 bits per heavy atom. The molecule has 19 heavy (non-hydrogen) atoms. The van der Waals surface area contributed by atoms with Crippen LogP contribution in [-0.2, 0) is 10.0 Å². The lowest BCUT2D eigenvalue weighted by Gasteiger charge is -2.15. The molecule has 0 aliphatic heterocycles. The molecule has 0 atom stereocenters. The summed E-state index contributed by atoms with van der Waals surface area (Å²) in [6.45, 7) is 4.60. The minimum absolute atomic E-state index is 0.340. The van der Waals surface area contributed by atoms with Crippen LogP contribution in [0, 0.1) is 13.8 Å². The molecule has 0 aliphatic carbocycles. The first kappa shape index (κ1) is 15.9. The van der Waals surface area contributed by atoms with Gasteiger partial charge < -0.3 is 9.64 Å². The van der Waals surface area contributed by atoms with E-state index in [1.807, 2.05) is 19.0 Å². The standard InChI is InChI=1S/C13H22N2O3S/c1-10-8-12(18-5)9-11(2)13(10)19(16,17)14-6-7-15(3)4/h8-9,14H,6-7H2,1-5H3. The zero-order valence-corrected chi connectivity index (χ0v) is 13.0. The number of sulfonamides is 1. The van der Waals surface area contributed by atoms with Gasteiger partial charge >= 0.3 is 0 Å². The number of nitrogens with one attached hydrogen (secondary N) is 1. The van der Waals surface area contributed by atoms with E-state index in [-0.39, 0.29) is 0 Å². The molecular weight excluding hydrogens is 264 g/mol. The SMILES string of the molecule is COc1cc(C)c(S(=O)(=O)NCCN(C)C)c(C)c1. The normalized spacial score (nSPS) is 11.9. The molecule has 0 aliphatic rings. The number of hydrogen-bond acceptors (Lipinski definition) is 4. The number of hydrogen-bond donors (Lipinski definition) is 1. The van der Waals surface area contributed by atoms with E-state index in [0.29, 0.717) is 34.9 Å². The van der Waals surface area contributed by atoms with Crippen LogP contribution in [0.2, 0.25) is 0 Å². The molecule has 5 nitrogen and oxygen atoms in total. The van der Waals surface area contributed by atoms with Gasteiger partial charge in [0.05, 0.1) is 12.0 Å². The second-order valence-electron chi connectivity index (χ2n) is 4.79. The van der Waals surface area contributed by atoms with Gasteiger partial charge in [0.1, 0.15) is 5.75 Å². The third-order valence-electron chi connectivity index (χ3n) is 2.79. The van der Waals surface area contributed by atoms with Crippen molar-refractivity contribution in [2.75, 3.05) is 34.3 Å². The Balaban J connectivity index is 3.01. The van der Waals surface area contributed by atoms with Crippen LogP contribution in [0.25, 0.3) is 0 Å². The molecule has 0 unspecified atom stereocenters. The summed E-state index contributed by atoms with van der Waals surface area (Å²) in [5.41, 5.74) is 1.38. The van der Waals surface area contributed by atoms with Crippen molar-refractivity contribution >= 4 is 10.0 Å². The Hall–Kier alpha value is -1.11. The fourth-order valence-corrected chi connectivity index (χ4v) is 3.40. The molecule has 0 radical (unpaired) electrons. The van der Waals surface area contributed by atoms with Gasteiger partial charge in [0, 0.05) is 13.1 Å². The lowest BCUT2D eigenvalue weighted by molar-refractivity contribution is 0.411. The van der Waals surface area contributed by atoms with Gasteiger partial charge in [-0.2, -0.15) is 0 Å². The lowest BCUT2D eigenvalue weighted by atomic mass is 10.1. The highest BCUT2D eigenvalue weighted by Crippen LogP contribution is 2.25. The summed E-state index contributed by atoms with van der Waals surface area (Å²) in [5.74, 6) is 0.669. The summed E-state index contributed by atoms with van der Waals surface area (Å²) in [4.78, 5) is 2.27. The molecule has 0 bridgehead atoms. The van der Waals surface area contributed by atoms with Gasteiger partial charge in [-0.05, 0) is 51.2 Å². The van der Waals surface area contributed by atoms with Crippen LogP contribution in [0.1, 0.15) is 11.1 Å². The van der Waals surface area contributed by atoms with Gasteiger partial charge in [0.15, 0.2) is 0 Å². The van der Waals surface area contributed by atoms with Crippen molar-refractivity contribution in [3.63, 3.8) is 0 Å². The summed E-state index contributed by atoms with van der Waals surface area (Å²) in [6.07, 6.45) is 0. The van der Waals surface area contributed by atoms with Crippen molar-refractivity contribution in [2.45, 2.75) is 18.7 Å². The number of likely N-dealkylation sites (N-methyl/N-ethyl adjacent to an activating group) is 1. The summed E-state index contributed by atoms with van der Waals surface area (Å²) in [6, 6.07) is 3.46. The molecule has 108 valence electrons. The summed E-state index contributed by atoms with van der Waals surface area (Å²) < 4.78 is 32.3. The van der Waals surface area contributed by atoms with Crippen molar-refractivity contribution in [3.8, 4) is 5.75 Å². The highest BCUT2D eigenvalue weighted by molar-refractivity contribution is 7.89. The maximum Gasteiger partial charge on any atom is 0.241 e. The summed E-state index contributed by atoms with van der Waals surface area (Å²) in [5, 5.41) is 0. The van der Waals surface area contributed by atoms with E-state index in [4.69, 9.17) is 4.74 Å². The van der Waals surface area contributed by atoms with E-state index >= 15 is 0 Å². The molecule has 0 heterocycles. The number of rotatable bonds is 6. The van der Waals surface area contributed by atoms with Crippen molar-refractivity contribution in [2.24, 2.45) is 0 Å². The van der Waals surface area contributed by atoms with Crippen LogP contribution in [0.3, 0.4) is 0 Å². The van der Waals surface area contributed by atoms with Gasteiger partial charge in [-0.3, -0.25) is 0 Å². The van der Waals surface area contributed by atoms with Crippen LogP contribution in [-0.4, -0.2) is 47.6 Å². The van der Waals surface area contributed by atoms with Crippen molar-refractivity contribution in [1.29, 1.82) is 0 Å². The topological polar surface area (TPSA) is 58.6 Å². The van der Waals surface area contributed by atoms with Crippen molar-refractivity contribution in [3.05, 3.63) is 23.3 Å². The molecule has 0 saturated carbocycles. The highest BCUT2D eigenvalue weighted by Gasteiger charge is 2.19. The van der Waals surface area contributed by atoms with Gasteiger partial charge in [-0.15, -0.1) is 0 Å². The van der Waals surface area contributed by atoms with E-state index in [1.165, 1.54) is 0 Å². The molecule has 0 amide bonds. The quantitative estimate of drug-likeness (QED) is 0.852. The second kappa shape index (κ2) is 6.36. The fraction of sp³-hybridized carbons (Fsp3) is 0.538. The average Bonchev–Trinajstić information content (AvgIpc) is 2.26. The van der Waals surface area contributed by atoms with Gasteiger partial charge in [-0.1, -0.05) is 0 Å². The first-order valence-corrected chi connectivity index (χ1v) is 7.56. The lowest BCUT2D eigenvalue weighted by Crippen LogP contribution is -2.32. The number of benzene rings is 1. The average molecular weight is 286 g/mol.